The van der Waals surface area contributed by atoms with Crippen molar-refractivity contribution in [2.24, 2.45) is 0 Å². The van der Waals surface area contributed by atoms with Crippen molar-refractivity contribution in [2.75, 3.05) is 25.9 Å². The minimum atomic E-state index is 0.795. The normalized spacial score (nSPS) is 25.1. The minimum absolute atomic E-state index is 0.795. The second kappa shape index (κ2) is 7.01. The molecule has 1 saturated carbocycles. The summed E-state index contributed by atoms with van der Waals surface area (Å²) in [5.74, 6) is 0. The predicted octanol–water partition coefficient (Wildman–Crippen LogP) is 2.73. The molecule has 0 amide bonds. The maximum atomic E-state index is 3.72. The highest BCUT2D eigenvalue weighted by Gasteiger charge is 2.26. The van der Waals surface area contributed by atoms with E-state index in [-0.39, 0.29) is 0 Å². The van der Waals surface area contributed by atoms with E-state index in [0.29, 0.717) is 0 Å². The molecule has 1 unspecified atom stereocenters. The smallest absolute Gasteiger partial charge is 0.0220 e. The molecule has 2 rings (SSSR count). The van der Waals surface area contributed by atoms with E-state index in [1.54, 1.807) is 0 Å². The molecule has 1 heterocycles. The lowest BCUT2D eigenvalue weighted by Gasteiger charge is -2.37. The zero-order chi connectivity index (χ0) is 12.1. The van der Waals surface area contributed by atoms with Crippen LogP contribution in [0.2, 0.25) is 0 Å². The molecule has 1 N–H and O–H groups in total. The Hall–Kier alpha value is 0.270. The van der Waals surface area contributed by atoms with Crippen LogP contribution in [-0.2, 0) is 0 Å². The quantitative estimate of drug-likeness (QED) is 0.754. The molecule has 0 aromatic heterocycles. The molecule has 3 heteroatoms. The SMILES string of the molecule is CCCC(CNC1CC1)N1CCC(SC)CC1. The Morgan fingerprint density at radius 2 is 1.94 bits per heavy atom. The van der Waals surface area contributed by atoms with Crippen molar-refractivity contribution >= 4 is 11.8 Å². The van der Waals surface area contributed by atoms with Crippen LogP contribution >= 0.6 is 11.8 Å². The van der Waals surface area contributed by atoms with Gasteiger partial charge >= 0.3 is 0 Å². The van der Waals surface area contributed by atoms with E-state index in [1.165, 1.54) is 58.2 Å². The number of likely N-dealkylation sites (tertiary alicyclic amines) is 1. The Morgan fingerprint density at radius 3 is 2.47 bits per heavy atom. The van der Waals surface area contributed by atoms with Gasteiger partial charge in [0.1, 0.15) is 0 Å². The second-order valence-electron chi connectivity index (χ2n) is 5.60. The summed E-state index contributed by atoms with van der Waals surface area (Å²) in [5.41, 5.74) is 0. The average Bonchev–Trinajstić information content (AvgIpc) is 3.19. The molecule has 100 valence electrons. The van der Waals surface area contributed by atoms with E-state index in [2.05, 4.69) is 35.2 Å². The van der Waals surface area contributed by atoms with Gasteiger partial charge in [0, 0.05) is 23.9 Å². The maximum Gasteiger partial charge on any atom is 0.0220 e. The first-order valence-corrected chi connectivity index (χ1v) is 8.62. The molecular weight excluding hydrogens is 228 g/mol. The second-order valence-corrected chi connectivity index (χ2v) is 6.73. The monoisotopic (exact) mass is 256 g/mol. The van der Waals surface area contributed by atoms with Crippen LogP contribution < -0.4 is 5.32 Å². The lowest BCUT2D eigenvalue weighted by molar-refractivity contribution is 0.154. The van der Waals surface area contributed by atoms with Gasteiger partial charge in [-0.05, 0) is 51.4 Å². The standard InChI is InChI=1S/C14H28N2S/c1-3-4-13(11-15-12-5-6-12)16-9-7-14(17-2)8-10-16/h12-15H,3-11H2,1-2H3. The van der Waals surface area contributed by atoms with Gasteiger partial charge in [0.05, 0.1) is 0 Å². The summed E-state index contributed by atoms with van der Waals surface area (Å²) < 4.78 is 0. The van der Waals surface area contributed by atoms with Crippen molar-refractivity contribution in [1.29, 1.82) is 0 Å². The largest absolute Gasteiger partial charge is 0.312 e. The Morgan fingerprint density at radius 1 is 1.24 bits per heavy atom. The average molecular weight is 256 g/mol. The molecule has 0 aromatic carbocycles. The van der Waals surface area contributed by atoms with Gasteiger partial charge in [0.15, 0.2) is 0 Å². The highest BCUT2D eigenvalue weighted by molar-refractivity contribution is 7.99. The number of rotatable bonds is 7. The summed E-state index contributed by atoms with van der Waals surface area (Å²) >= 11 is 2.06. The zero-order valence-corrected chi connectivity index (χ0v) is 12.3. The summed E-state index contributed by atoms with van der Waals surface area (Å²) in [6.45, 7) is 6.19. The van der Waals surface area contributed by atoms with Crippen LogP contribution in [0.4, 0.5) is 0 Å². The lowest BCUT2D eigenvalue weighted by Crippen LogP contribution is -2.47. The van der Waals surface area contributed by atoms with Crippen LogP contribution in [0.5, 0.6) is 0 Å². The Kier molecular flexibility index (Phi) is 5.64. The van der Waals surface area contributed by atoms with Crippen LogP contribution in [0.25, 0.3) is 0 Å². The summed E-state index contributed by atoms with van der Waals surface area (Å²) in [7, 11) is 0. The molecule has 1 atom stereocenters. The van der Waals surface area contributed by atoms with Gasteiger partial charge in [-0.25, -0.2) is 0 Å². The van der Waals surface area contributed by atoms with E-state index in [4.69, 9.17) is 0 Å². The summed E-state index contributed by atoms with van der Waals surface area (Å²) in [5, 5.41) is 4.64. The lowest BCUT2D eigenvalue weighted by atomic mass is 10.0. The van der Waals surface area contributed by atoms with Crippen molar-refractivity contribution in [3.8, 4) is 0 Å². The van der Waals surface area contributed by atoms with Crippen molar-refractivity contribution < 1.29 is 0 Å². The molecule has 2 nitrogen and oxygen atoms in total. The van der Waals surface area contributed by atoms with Gasteiger partial charge in [-0.15, -0.1) is 0 Å². The number of hydrogen-bond donors (Lipinski definition) is 1. The fourth-order valence-corrected chi connectivity index (χ4v) is 3.50. The molecular formula is C14H28N2S. The highest BCUT2D eigenvalue weighted by atomic mass is 32.2. The topological polar surface area (TPSA) is 15.3 Å². The molecule has 0 bridgehead atoms. The van der Waals surface area contributed by atoms with Crippen LogP contribution in [0, 0.1) is 0 Å². The molecule has 1 aliphatic heterocycles. The fraction of sp³-hybridized carbons (Fsp3) is 1.00. The third-order valence-corrected chi connectivity index (χ3v) is 5.31. The first-order chi connectivity index (χ1) is 8.33. The summed E-state index contributed by atoms with van der Waals surface area (Å²) in [6, 6.07) is 1.65. The van der Waals surface area contributed by atoms with Gasteiger partial charge in [-0.1, -0.05) is 13.3 Å². The Bertz CT molecular complexity index is 210. The molecule has 2 fully saturated rings. The van der Waals surface area contributed by atoms with Gasteiger partial charge in [0.25, 0.3) is 0 Å². The van der Waals surface area contributed by atoms with E-state index >= 15 is 0 Å². The molecule has 0 spiro atoms. The first kappa shape index (κ1) is 13.7. The van der Waals surface area contributed by atoms with Crippen molar-refractivity contribution in [3.63, 3.8) is 0 Å². The van der Waals surface area contributed by atoms with Gasteiger partial charge < -0.3 is 5.32 Å². The van der Waals surface area contributed by atoms with Crippen LogP contribution in [0.3, 0.4) is 0 Å². The Balaban J connectivity index is 1.74. The van der Waals surface area contributed by atoms with E-state index in [0.717, 1.165) is 17.3 Å². The van der Waals surface area contributed by atoms with Gasteiger partial charge in [-0.3, -0.25) is 4.90 Å². The van der Waals surface area contributed by atoms with E-state index in [1.807, 2.05) is 0 Å². The number of nitrogens with zero attached hydrogens (tertiary/aromatic N) is 1. The van der Waals surface area contributed by atoms with Crippen LogP contribution in [-0.4, -0.2) is 48.1 Å². The summed E-state index contributed by atoms with van der Waals surface area (Å²) in [6.07, 6.45) is 10.6. The molecule has 1 saturated heterocycles. The van der Waals surface area contributed by atoms with Gasteiger partial charge in [-0.2, -0.15) is 11.8 Å². The van der Waals surface area contributed by atoms with Crippen LogP contribution in [0.1, 0.15) is 45.4 Å². The molecule has 1 aliphatic carbocycles. The van der Waals surface area contributed by atoms with Crippen molar-refractivity contribution in [1.82, 2.24) is 10.2 Å². The van der Waals surface area contributed by atoms with Crippen molar-refractivity contribution in [3.05, 3.63) is 0 Å². The van der Waals surface area contributed by atoms with Gasteiger partial charge in [0.2, 0.25) is 0 Å². The molecule has 2 aliphatic rings. The van der Waals surface area contributed by atoms with Crippen molar-refractivity contribution in [2.45, 2.75) is 62.8 Å². The zero-order valence-electron chi connectivity index (χ0n) is 11.5. The predicted molar refractivity (Wildman–Crippen MR) is 77.8 cm³/mol. The van der Waals surface area contributed by atoms with Crippen LogP contribution in [0.15, 0.2) is 0 Å². The number of nitrogens with one attached hydrogen (secondary N) is 1. The maximum absolute atomic E-state index is 3.72. The Labute approximate surface area is 111 Å². The number of thioether (sulfide) groups is 1. The molecule has 17 heavy (non-hydrogen) atoms. The fourth-order valence-electron chi connectivity index (χ4n) is 2.81. The number of piperidine rings is 1. The summed E-state index contributed by atoms with van der Waals surface area (Å²) in [4.78, 5) is 2.74. The highest BCUT2D eigenvalue weighted by Crippen LogP contribution is 2.24. The first-order valence-electron chi connectivity index (χ1n) is 7.33. The minimum Gasteiger partial charge on any atom is -0.312 e. The third kappa shape index (κ3) is 4.46. The third-order valence-electron chi connectivity index (χ3n) is 4.17. The molecule has 0 radical (unpaired) electrons. The molecule has 0 aromatic rings. The van der Waals surface area contributed by atoms with E-state index < -0.39 is 0 Å². The number of hydrogen-bond acceptors (Lipinski definition) is 3. The van der Waals surface area contributed by atoms with E-state index in [9.17, 15) is 0 Å².